The number of ether oxygens (including phenoxy) is 2. The van der Waals surface area contributed by atoms with Gasteiger partial charge in [-0.05, 0) is 12.8 Å². The van der Waals surface area contributed by atoms with Gasteiger partial charge in [0, 0.05) is 14.2 Å². The van der Waals surface area contributed by atoms with Crippen LogP contribution in [0.5, 0.6) is 0 Å². The van der Waals surface area contributed by atoms with Crippen molar-refractivity contribution in [3.8, 4) is 0 Å². The number of hydrogen-bond acceptors (Lipinski definition) is 3. The standard InChI is InChI=1S/C8H16O4/c1-6(8(9)10)4-5-7(11-2)12-3/h6-7H,4-5H2,1-3H3,(H,9,10)/t6-/m0/s1. The first-order chi connectivity index (χ1) is 5.61. The van der Waals surface area contributed by atoms with Crippen molar-refractivity contribution in [3.05, 3.63) is 0 Å². The lowest BCUT2D eigenvalue weighted by molar-refractivity contribution is -0.143. The number of aliphatic carboxylic acids is 1. The Kier molecular flexibility index (Phi) is 5.66. The first-order valence-corrected chi connectivity index (χ1v) is 3.90. The molecule has 4 nitrogen and oxygen atoms in total. The van der Waals surface area contributed by atoms with E-state index in [-0.39, 0.29) is 12.2 Å². The molecule has 0 spiro atoms. The number of hydrogen-bond donors (Lipinski definition) is 1. The summed E-state index contributed by atoms with van der Waals surface area (Å²) in [5.41, 5.74) is 0. The molecule has 0 radical (unpaired) electrons. The number of carboxylic acid groups (broad SMARTS) is 1. The van der Waals surface area contributed by atoms with Crippen LogP contribution in [0.2, 0.25) is 0 Å². The highest BCUT2D eigenvalue weighted by Crippen LogP contribution is 2.10. The molecule has 1 N–H and O–H groups in total. The summed E-state index contributed by atoms with van der Waals surface area (Å²) in [5.74, 6) is -1.11. The molecule has 0 bridgehead atoms. The molecule has 0 saturated heterocycles. The van der Waals surface area contributed by atoms with Gasteiger partial charge in [0.2, 0.25) is 0 Å². The number of methoxy groups -OCH3 is 2. The fourth-order valence-electron chi connectivity index (χ4n) is 0.841. The van der Waals surface area contributed by atoms with Crippen molar-refractivity contribution in [2.24, 2.45) is 5.92 Å². The second-order valence-electron chi connectivity index (χ2n) is 2.72. The normalized spacial score (nSPS) is 13.3. The largest absolute Gasteiger partial charge is 0.481 e. The highest BCUT2D eigenvalue weighted by atomic mass is 16.7. The van der Waals surface area contributed by atoms with E-state index in [2.05, 4.69) is 0 Å². The predicted molar refractivity (Wildman–Crippen MR) is 43.8 cm³/mol. The Bertz CT molecular complexity index is 131. The van der Waals surface area contributed by atoms with Crippen molar-refractivity contribution in [1.29, 1.82) is 0 Å². The van der Waals surface area contributed by atoms with Crippen LogP contribution in [0.25, 0.3) is 0 Å². The molecule has 0 amide bonds. The quantitative estimate of drug-likeness (QED) is 0.616. The molecule has 0 saturated carbocycles. The highest BCUT2D eigenvalue weighted by Gasteiger charge is 2.13. The summed E-state index contributed by atoms with van der Waals surface area (Å²) in [7, 11) is 3.08. The van der Waals surface area contributed by atoms with Crippen LogP contribution < -0.4 is 0 Å². The van der Waals surface area contributed by atoms with E-state index in [0.717, 1.165) is 0 Å². The topological polar surface area (TPSA) is 55.8 Å². The molecule has 0 aromatic heterocycles. The van der Waals surface area contributed by atoms with Crippen LogP contribution >= 0.6 is 0 Å². The Hall–Kier alpha value is -0.610. The zero-order valence-corrected chi connectivity index (χ0v) is 7.74. The molecule has 4 heteroatoms. The first-order valence-electron chi connectivity index (χ1n) is 3.90. The van der Waals surface area contributed by atoms with Crippen LogP contribution in [-0.2, 0) is 14.3 Å². The average molecular weight is 176 g/mol. The molecule has 0 aliphatic heterocycles. The molecule has 0 aliphatic carbocycles. The molecule has 12 heavy (non-hydrogen) atoms. The van der Waals surface area contributed by atoms with Crippen LogP contribution in [0.4, 0.5) is 0 Å². The van der Waals surface area contributed by atoms with Gasteiger partial charge in [0.15, 0.2) is 6.29 Å². The summed E-state index contributed by atoms with van der Waals surface area (Å²) in [5, 5.41) is 8.56. The van der Waals surface area contributed by atoms with E-state index in [0.29, 0.717) is 12.8 Å². The fourth-order valence-corrected chi connectivity index (χ4v) is 0.841. The Morgan fingerprint density at radius 1 is 1.33 bits per heavy atom. The highest BCUT2D eigenvalue weighted by molar-refractivity contribution is 5.69. The van der Waals surface area contributed by atoms with E-state index in [1.165, 1.54) is 0 Å². The van der Waals surface area contributed by atoms with Crippen LogP contribution in [0.15, 0.2) is 0 Å². The Labute approximate surface area is 72.5 Å². The minimum Gasteiger partial charge on any atom is -0.481 e. The van der Waals surface area contributed by atoms with Gasteiger partial charge in [0.1, 0.15) is 0 Å². The first kappa shape index (κ1) is 11.4. The summed E-state index contributed by atoms with van der Waals surface area (Å²) >= 11 is 0. The van der Waals surface area contributed by atoms with Gasteiger partial charge in [-0.2, -0.15) is 0 Å². The monoisotopic (exact) mass is 176 g/mol. The zero-order chi connectivity index (χ0) is 9.56. The third-order valence-corrected chi connectivity index (χ3v) is 1.78. The smallest absolute Gasteiger partial charge is 0.306 e. The van der Waals surface area contributed by atoms with E-state index in [4.69, 9.17) is 14.6 Å². The van der Waals surface area contributed by atoms with Crippen molar-refractivity contribution in [2.75, 3.05) is 14.2 Å². The molecule has 0 heterocycles. The Balaban J connectivity index is 3.58. The molecule has 0 aliphatic rings. The summed E-state index contributed by atoms with van der Waals surface area (Å²) < 4.78 is 9.83. The maximum Gasteiger partial charge on any atom is 0.306 e. The maximum atomic E-state index is 10.4. The lowest BCUT2D eigenvalue weighted by Gasteiger charge is -2.14. The van der Waals surface area contributed by atoms with Crippen LogP contribution in [0.1, 0.15) is 19.8 Å². The van der Waals surface area contributed by atoms with Gasteiger partial charge < -0.3 is 14.6 Å². The van der Waals surface area contributed by atoms with E-state index in [9.17, 15) is 4.79 Å². The van der Waals surface area contributed by atoms with Crippen molar-refractivity contribution in [2.45, 2.75) is 26.1 Å². The molecule has 0 rings (SSSR count). The molecule has 0 fully saturated rings. The predicted octanol–water partition coefficient (Wildman–Crippen LogP) is 1.11. The molecule has 72 valence electrons. The minimum atomic E-state index is -0.777. The van der Waals surface area contributed by atoms with Gasteiger partial charge >= 0.3 is 5.97 Å². The molecule has 0 aromatic rings. The SMILES string of the molecule is COC(CC[C@H](C)C(=O)O)OC. The van der Waals surface area contributed by atoms with Gasteiger partial charge in [-0.15, -0.1) is 0 Å². The van der Waals surface area contributed by atoms with Crippen LogP contribution in [0.3, 0.4) is 0 Å². The lowest BCUT2D eigenvalue weighted by Crippen LogP contribution is -2.17. The Morgan fingerprint density at radius 2 is 1.83 bits per heavy atom. The van der Waals surface area contributed by atoms with E-state index < -0.39 is 5.97 Å². The van der Waals surface area contributed by atoms with Crippen molar-refractivity contribution >= 4 is 5.97 Å². The maximum absolute atomic E-state index is 10.4. The van der Waals surface area contributed by atoms with Crippen LogP contribution in [0, 0.1) is 5.92 Å². The van der Waals surface area contributed by atoms with Crippen molar-refractivity contribution in [1.82, 2.24) is 0 Å². The number of carbonyl (C=O) groups is 1. The second-order valence-corrected chi connectivity index (χ2v) is 2.72. The van der Waals surface area contributed by atoms with Gasteiger partial charge in [0.25, 0.3) is 0 Å². The molecular formula is C8H16O4. The number of rotatable bonds is 6. The van der Waals surface area contributed by atoms with Gasteiger partial charge in [-0.25, -0.2) is 0 Å². The average Bonchev–Trinajstić information content (AvgIpc) is 2.05. The third-order valence-electron chi connectivity index (χ3n) is 1.78. The minimum absolute atomic E-state index is 0.285. The van der Waals surface area contributed by atoms with E-state index >= 15 is 0 Å². The van der Waals surface area contributed by atoms with Crippen LogP contribution in [-0.4, -0.2) is 31.6 Å². The summed E-state index contributed by atoms with van der Waals surface area (Å²) in [6.07, 6.45) is 0.897. The number of carboxylic acids is 1. The Morgan fingerprint density at radius 3 is 2.17 bits per heavy atom. The van der Waals surface area contributed by atoms with E-state index in [1.54, 1.807) is 21.1 Å². The molecule has 0 unspecified atom stereocenters. The van der Waals surface area contributed by atoms with Gasteiger partial charge in [0.05, 0.1) is 5.92 Å². The second kappa shape index (κ2) is 5.97. The van der Waals surface area contributed by atoms with Gasteiger partial charge in [-0.3, -0.25) is 4.79 Å². The lowest BCUT2D eigenvalue weighted by atomic mass is 10.1. The van der Waals surface area contributed by atoms with Crippen molar-refractivity contribution < 1.29 is 19.4 Å². The summed E-state index contributed by atoms with van der Waals surface area (Å²) in [6.45, 7) is 1.67. The third kappa shape index (κ3) is 4.31. The summed E-state index contributed by atoms with van der Waals surface area (Å²) in [6, 6.07) is 0. The molecular weight excluding hydrogens is 160 g/mol. The van der Waals surface area contributed by atoms with Crippen molar-refractivity contribution in [3.63, 3.8) is 0 Å². The van der Waals surface area contributed by atoms with E-state index in [1.807, 2.05) is 0 Å². The summed E-state index contributed by atoms with van der Waals surface area (Å²) in [4.78, 5) is 10.4. The fraction of sp³-hybridized carbons (Fsp3) is 0.875. The molecule has 1 atom stereocenters. The van der Waals surface area contributed by atoms with Gasteiger partial charge in [-0.1, -0.05) is 6.92 Å². The zero-order valence-electron chi connectivity index (χ0n) is 7.74. The molecule has 0 aromatic carbocycles.